The van der Waals surface area contributed by atoms with Crippen molar-refractivity contribution < 1.29 is 19.1 Å². The number of hydrogen-bond acceptors (Lipinski definition) is 5. The molecule has 4 aromatic rings. The topological polar surface area (TPSA) is 97.4 Å². The zero-order valence-electron chi connectivity index (χ0n) is 15.4. The Kier molecular flexibility index (Phi) is 4.03. The summed E-state index contributed by atoms with van der Waals surface area (Å²) in [4.78, 5) is 29.7. The van der Waals surface area contributed by atoms with Crippen LogP contribution in [0.2, 0.25) is 0 Å². The van der Waals surface area contributed by atoms with Gasteiger partial charge in [0.25, 0.3) is 11.8 Å². The Hall–Kier alpha value is -3.71. The number of pyridine rings is 1. The highest BCUT2D eigenvalue weighted by molar-refractivity contribution is 6.50. The van der Waals surface area contributed by atoms with Crippen LogP contribution < -0.4 is 5.32 Å². The van der Waals surface area contributed by atoms with Crippen LogP contribution in [0.5, 0.6) is 0 Å². The molecule has 0 fully saturated rings. The third-order valence-corrected chi connectivity index (χ3v) is 5.17. The van der Waals surface area contributed by atoms with Gasteiger partial charge in [0.15, 0.2) is 0 Å². The van der Waals surface area contributed by atoms with Gasteiger partial charge >= 0.3 is 0 Å². The van der Waals surface area contributed by atoms with Crippen LogP contribution in [0.4, 0.5) is 0 Å². The van der Waals surface area contributed by atoms with Crippen molar-refractivity contribution in [2.75, 3.05) is 6.61 Å². The van der Waals surface area contributed by atoms with Crippen LogP contribution in [0, 0.1) is 0 Å². The molecule has 3 aromatic heterocycles. The van der Waals surface area contributed by atoms with Gasteiger partial charge < -0.3 is 14.1 Å². The second kappa shape index (κ2) is 6.72. The maximum absolute atomic E-state index is 12.8. The minimum atomic E-state index is -0.455. The Bertz CT molecular complexity index is 1310. The summed E-state index contributed by atoms with van der Waals surface area (Å²) in [5, 5.41) is 13.2. The molecule has 7 heteroatoms. The molecule has 2 N–H and O–H groups in total. The molecule has 0 aliphatic carbocycles. The van der Waals surface area contributed by atoms with E-state index in [-0.39, 0.29) is 12.2 Å². The van der Waals surface area contributed by atoms with Crippen molar-refractivity contribution in [3.8, 4) is 0 Å². The summed E-state index contributed by atoms with van der Waals surface area (Å²) in [6, 6.07) is 11.3. The minimum absolute atomic E-state index is 0.0722. The maximum Gasteiger partial charge on any atom is 0.259 e. The summed E-state index contributed by atoms with van der Waals surface area (Å²) in [5.41, 5.74) is 3.17. The molecule has 1 aliphatic rings. The number of aliphatic hydroxyl groups excluding tert-OH is 1. The fraction of sp³-hybridized carbons (Fsp3) is 0.136. The van der Waals surface area contributed by atoms with Crippen molar-refractivity contribution in [3.63, 3.8) is 0 Å². The van der Waals surface area contributed by atoms with Gasteiger partial charge in [-0.05, 0) is 24.6 Å². The molecule has 0 saturated heterocycles. The first kappa shape index (κ1) is 17.4. The summed E-state index contributed by atoms with van der Waals surface area (Å²) in [6.07, 6.45) is 5.54. The van der Waals surface area contributed by atoms with E-state index in [4.69, 9.17) is 4.42 Å². The average molecular weight is 387 g/mol. The molecule has 7 nitrogen and oxygen atoms in total. The molecule has 0 radical (unpaired) electrons. The molecule has 0 spiro atoms. The van der Waals surface area contributed by atoms with E-state index in [9.17, 15) is 14.7 Å². The van der Waals surface area contributed by atoms with E-state index in [1.165, 1.54) is 6.26 Å². The molecule has 5 rings (SSSR count). The molecule has 4 heterocycles. The molecular formula is C22H17N3O4. The highest BCUT2D eigenvalue weighted by atomic mass is 16.3. The van der Waals surface area contributed by atoms with Crippen LogP contribution in [0.3, 0.4) is 0 Å². The minimum Gasteiger partial charge on any atom is -0.445 e. The fourth-order valence-electron chi connectivity index (χ4n) is 3.90. The smallest absolute Gasteiger partial charge is 0.259 e. The molecule has 0 saturated carbocycles. The van der Waals surface area contributed by atoms with Crippen molar-refractivity contribution in [1.29, 1.82) is 0 Å². The Morgan fingerprint density at radius 1 is 1.00 bits per heavy atom. The molecule has 144 valence electrons. The lowest BCUT2D eigenvalue weighted by Crippen LogP contribution is -2.22. The molecule has 0 atom stereocenters. The maximum atomic E-state index is 12.8. The van der Waals surface area contributed by atoms with Crippen LogP contribution in [0.15, 0.2) is 59.5 Å². The number of fused-ring (bicyclic) bond motifs is 2. The first-order chi connectivity index (χ1) is 14.2. The number of aryl methyl sites for hydroxylation is 1. The van der Waals surface area contributed by atoms with E-state index in [0.29, 0.717) is 40.8 Å². The second-order valence-corrected chi connectivity index (χ2v) is 6.87. The van der Waals surface area contributed by atoms with Crippen molar-refractivity contribution in [3.05, 3.63) is 66.2 Å². The van der Waals surface area contributed by atoms with E-state index < -0.39 is 11.8 Å². The highest BCUT2D eigenvalue weighted by Crippen LogP contribution is 2.38. The van der Waals surface area contributed by atoms with Gasteiger partial charge in [0.2, 0.25) is 5.71 Å². The van der Waals surface area contributed by atoms with Crippen molar-refractivity contribution >= 4 is 45.0 Å². The number of furan rings is 1. The van der Waals surface area contributed by atoms with E-state index in [1.807, 2.05) is 41.1 Å². The van der Waals surface area contributed by atoms with Crippen LogP contribution in [0.1, 0.15) is 17.5 Å². The summed E-state index contributed by atoms with van der Waals surface area (Å²) in [5.74, 6) is -0.892. The Morgan fingerprint density at radius 3 is 2.59 bits per heavy atom. The number of nitrogens with zero attached hydrogens (tertiary/aromatic N) is 2. The number of carbonyl (C=O) groups is 2. The van der Waals surface area contributed by atoms with Gasteiger partial charge in [0.05, 0.1) is 11.1 Å². The highest BCUT2D eigenvalue weighted by Gasteiger charge is 2.35. The summed E-state index contributed by atoms with van der Waals surface area (Å²) in [6.45, 7) is 0.677. The van der Waals surface area contributed by atoms with E-state index in [1.54, 1.807) is 12.3 Å². The molecule has 1 aliphatic heterocycles. The van der Waals surface area contributed by atoms with Gasteiger partial charge in [-0.15, -0.1) is 0 Å². The van der Waals surface area contributed by atoms with Gasteiger partial charge in [0, 0.05) is 53.0 Å². The zero-order chi connectivity index (χ0) is 20.0. The number of carbonyl (C=O) groups excluding carboxylic acids is 2. The third-order valence-electron chi connectivity index (χ3n) is 5.17. The number of imide groups is 1. The van der Waals surface area contributed by atoms with Crippen molar-refractivity contribution in [2.45, 2.75) is 13.0 Å². The van der Waals surface area contributed by atoms with Gasteiger partial charge in [-0.1, -0.05) is 18.2 Å². The summed E-state index contributed by atoms with van der Waals surface area (Å²) >= 11 is 0. The quantitative estimate of drug-likeness (QED) is 0.513. The number of aliphatic hydroxyl groups is 1. The predicted molar refractivity (Wildman–Crippen MR) is 108 cm³/mol. The van der Waals surface area contributed by atoms with Crippen LogP contribution in [0.25, 0.3) is 33.1 Å². The average Bonchev–Trinajstić information content (AvgIpc) is 3.39. The Labute approximate surface area is 165 Å². The lowest BCUT2D eigenvalue weighted by molar-refractivity contribution is -0.122. The summed E-state index contributed by atoms with van der Waals surface area (Å²) in [7, 11) is 0. The normalized spacial score (nSPS) is 14.4. The largest absolute Gasteiger partial charge is 0.445 e. The molecule has 1 aromatic carbocycles. The third kappa shape index (κ3) is 2.67. The lowest BCUT2D eigenvalue weighted by atomic mass is 9.96. The van der Waals surface area contributed by atoms with Crippen LogP contribution in [-0.2, 0) is 16.1 Å². The number of hydrogen-bond donors (Lipinski definition) is 2. The van der Waals surface area contributed by atoms with Gasteiger partial charge in [-0.2, -0.15) is 0 Å². The zero-order valence-corrected chi connectivity index (χ0v) is 15.4. The molecule has 0 unspecified atom stereocenters. The number of aromatic nitrogens is 2. The fourth-order valence-corrected chi connectivity index (χ4v) is 3.90. The van der Waals surface area contributed by atoms with E-state index >= 15 is 0 Å². The Morgan fingerprint density at radius 2 is 1.76 bits per heavy atom. The van der Waals surface area contributed by atoms with E-state index in [2.05, 4.69) is 10.3 Å². The molecule has 0 bridgehead atoms. The number of para-hydroxylation sites is 1. The first-order valence-electron chi connectivity index (χ1n) is 9.30. The number of nitrogens with one attached hydrogen (secondary N) is 1. The predicted octanol–water partition coefficient (Wildman–Crippen LogP) is 2.73. The van der Waals surface area contributed by atoms with Crippen molar-refractivity contribution in [2.24, 2.45) is 0 Å². The van der Waals surface area contributed by atoms with Crippen molar-refractivity contribution in [1.82, 2.24) is 14.9 Å². The lowest BCUT2D eigenvalue weighted by Gasteiger charge is -2.02. The van der Waals surface area contributed by atoms with Gasteiger partial charge in [-0.25, -0.2) is 4.98 Å². The number of amides is 2. The number of rotatable bonds is 5. The molecule has 29 heavy (non-hydrogen) atoms. The second-order valence-electron chi connectivity index (χ2n) is 6.87. The van der Waals surface area contributed by atoms with Crippen LogP contribution in [-0.4, -0.2) is 33.1 Å². The SMILES string of the molecule is O=C1NC(=O)C(c2cn(CCCO)c3ccccc23)=C1c1coc2ncccc12. The monoisotopic (exact) mass is 387 g/mol. The van der Waals surface area contributed by atoms with Gasteiger partial charge in [0.1, 0.15) is 6.26 Å². The van der Waals surface area contributed by atoms with Gasteiger partial charge in [-0.3, -0.25) is 14.9 Å². The first-order valence-corrected chi connectivity index (χ1v) is 9.30. The summed E-state index contributed by atoms with van der Waals surface area (Å²) < 4.78 is 7.50. The number of benzene rings is 1. The molecule has 2 amide bonds. The van der Waals surface area contributed by atoms with Crippen LogP contribution >= 0.6 is 0 Å². The molecular weight excluding hydrogens is 370 g/mol. The standard InChI is InChI=1S/C22H17N3O4/c26-10-4-9-25-11-15(13-5-1-2-7-17(13)25)18-19(21(28)24-20(18)27)16-12-29-22-14(16)6-3-8-23-22/h1-3,5-8,11-12,26H,4,9-10H2,(H,24,27,28). The van der Waals surface area contributed by atoms with E-state index in [0.717, 1.165) is 10.9 Å². The Balaban J connectivity index is 1.79.